The minimum absolute atomic E-state index is 0. The van der Waals surface area contributed by atoms with E-state index in [1.165, 1.54) is 11.1 Å². The van der Waals surface area contributed by atoms with Crippen LogP contribution < -0.4 is 11.1 Å². The van der Waals surface area contributed by atoms with E-state index in [9.17, 15) is 5.11 Å². The lowest BCUT2D eigenvalue weighted by Crippen LogP contribution is -2.25. The number of benzene rings is 2. The van der Waals surface area contributed by atoms with E-state index in [1.807, 2.05) is 56.3 Å². The van der Waals surface area contributed by atoms with Crippen molar-refractivity contribution in [2.24, 2.45) is 10.7 Å². The fourth-order valence-electron chi connectivity index (χ4n) is 2.39. The number of halogens is 1. The summed E-state index contributed by atoms with van der Waals surface area (Å²) in [5.41, 5.74) is 10.2. The predicted molar refractivity (Wildman–Crippen MR) is 108 cm³/mol. The third kappa shape index (κ3) is 7.00. The Hall–Kier alpha value is -1.60. The first kappa shape index (κ1) is 19.4. The van der Waals surface area contributed by atoms with Crippen LogP contribution >= 0.6 is 24.0 Å². The van der Waals surface area contributed by atoms with Gasteiger partial charge in [-0.2, -0.15) is 0 Å². The fourth-order valence-corrected chi connectivity index (χ4v) is 2.39. The Kier molecular flexibility index (Phi) is 8.05. The SMILES string of the molecule is Cc1cc(C)cc(NC(N)=NCC(O)Cc2ccccc2)c1.I. The van der Waals surface area contributed by atoms with Crippen molar-refractivity contribution in [3.8, 4) is 0 Å². The number of aliphatic imine (C=N–C) groups is 1. The highest BCUT2D eigenvalue weighted by Crippen LogP contribution is 2.13. The van der Waals surface area contributed by atoms with Crippen LogP contribution in [0.2, 0.25) is 0 Å². The molecule has 0 aromatic heterocycles. The lowest BCUT2D eigenvalue weighted by molar-refractivity contribution is 0.184. The highest BCUT2D eigenvalue weighted by molar-refractivity contribution is 14.0. The summed E-state index contributed by atoms with van der Waals surface area (Å²) in [6.45, 7) is 4.35. The molecule has 0 heterocycles. The molecule has 0 radical (unpaired) electrons. The van der Waals surface area contributed by atoms with Gasteiger partial charge < -0.3 is 16.2 Å². The van der Waals surface area contributed by atoms with Crippen molar-refractivity contribution in [3.05, 3.63) is 65.2 Å². The molecule has 0 amide bonds. The number of rotatable bonds is 5. The lowest BCUT2D eigenvalue weighted by Gasteiger charge is -2.10. The van der Waals surface area contributed by atoms with Crippen LogP contribution in [0, 0.1) is 13.8 Å². The molecule has 0 fully saturated rings. The van der Waals surface area contributed by atoms with Crippen molar-refractivity contribution >= 4 is 35.6 Å². The summed E-state index contributed by atoms with van der Waals surface area (Å²) in [5.74, 6) is 0.317. The number of hydrogen-bond acceptors (Lipinski definition) is 2. The largest absolute Gasteiger partial charge is 0.391 e. The van der Waals surface area contributed by atoms with Gasteiger partial charge >= 0.3 is 0 Å². The van der Waals surface area contributed by atoms with Gasteiger partial charge in [0.2, 0.25) is 0 Å². The van der Waals surface area contributed by atoms with Crippen molar-refractivity contribution in [2.45, 2.75) is 26.4 Å². The fraction of sp³-hybridized carbons (Fsp3) is 0.278. The molecule has 0 aliphatic heterocycles. The van der Waals surface area contributed by atoms with Gasteiger partial charge in [0.25, 0.3) is 0 Å². The van der Waals surface area contributed by atoms with Crippen LogP contribution in [-0.2, 0) is 6.42 Å². The number of nitrogens with two attached hydrogens (primary N) is 1. The number of guanidine groups is 1. The predicted octanol–water partition coefficient (Wildman–Crippen LogP) is 3.25. The van der Waals surface area contributed by atoms with E-state index in [4.69, 9.17) is 5.73 Å². The lowest BCUT2D eigenvalue weighted by atomic mass is 10.1. The highest BCUT2D eigenvalue weighted by atomic mass is 127. The molecule has 2 aromatic carbocycles. The van der Waals surface area contributed by atoms with Gasteiger partial charge in [0.05, 0.1) is 12.6 Å². The molecule has 0 aliphatic carbocycles. The maximum atomic E-state index is 10.0. The quantitative estimate of drug-likeness (QED) is 0.391. The van der Waals surface area contributed by atoms with Crippen molar-refractivity contribution < 1.29 is 5.11 Å². The Bertz CT molecular complexity index is 624. The second-order valence-corrected chi connectivity index (χ2v) is 5.57. The van der Waals surface area contributed by atoms with Gasteiger partial charge in [0.1, 0.15) is 0 Å². The number of anilines is 1. The van der Waals surface area contributed by atoms with E-state index < -0.39 is 6.10 Å². The third-order valence-electron chi connectivity index (χ3n) is 3.28. The summed E-state index contributed by atoms with van der Waals surface area (Å²) in [4.78, 5) is 4.21. The monoisotopic (exact) mass is 425 g/mol. The molecule has 2 rings (SSSR count). The Balaban J connectivity index is 0.00000264. The van der Waals surface area contributed by atoms with Crippen LogP contribution in [0.5, 0.6) is 0 Å². The molecule has 0 spiro atoms. The molecule has 0 saturated carbocycles. The first-order valence-corrected chi connectivity index (χ1v) is 7.40. The van der Waals surface area contributed by atoms with Crippen molar-refractivity contribution in [3.63, 3.8) is 0 Å². The Morgan fingerprint density at radius 3 is 2.35 bits per heavy atom. The summed E-state index contributed by atoms with van der Waals surface area (Å²) in [5, 5.41) is 13.1. The standard InChI is InChI=1S/C18H23N3O.HI/c1-13-8-14(2)10-16(9-13)21-18(19)20-12-17(22)11-15-6-4-3-5-7-15;/h3-10,17,22H,11-12H2,1-2H3,(H3,19,20,21);1H. The Morgan fingerprint density at radius 2 is 1.74 bits per heavy atom. The summed E-state index contributed by atoms with van der Waals surface area (Å²) in [6, 6.07) is 16.0. The maximum absolute atomic E-state index is 10.0. The number of hydrogen-bond donors (Lipinski definition) is 3. The van der Waals surface area contributed by atoms with Crippen molar-refractivity contribution in [1.82, 2.24) is 0 Å². The van der Waals surface area contributed by atoms with Crippen LogP contribution in [0.3, 0.4) is 0 Å². The van der Waals surface area contributed by atoms with E-state index in [1.54, 1.807) is 0 Å². The normalized spacial score (nSPS) is 12.4. The van der Waals surface area contributed by atoms with Gasteiger partial charge in [-0.15, -0.1) is 24.0 Å². The summed E-state index contributed by atoms with van der Waals surface area (Å²) in [7, 11) is 0. The van der Waals surface area contributed by atoms with Gasteiger partial charge in [-0.25, -0.2) is 0 Å². The smallest absolute Gasteiger partial charge is 0.193 e. The van der Waals surface area contributed by atoms with Gasteiger partial charge in [0.15, 0.2) is 5.96 Å². The average molecular weight is 425 g/mol. The van der Waals surface area contributed by atoms with Gasteiger partial charge in [-0.1, -0.05) is 36.4 Å². The first-order valence-electron chi connectivity index (χ1n) is 7.40. The van der Waals surface area contributed by atoms with Crippen LogP contribution in [0.1, 0.15) is 16.7 Å². The molecular weight excluding hydrogens is 401 g/mol. The third-order valence-corrected chi connectivity index (χ3v) is 3.28. The number of aryl methyl sites for hydroxylation is 2. The second kappa shape index (κ2) is 9.52. The molecule has 4 N–H and O–H groups in total. The van der Waals surface area contributed by atoms with E-state index in [0.717, 1.165) is 11.3 Å². The first-order chi connectivity index (χ1) is 10.5. The molecule has 23 heavy (non-hydrogen) atoms. The molecule has 2 aromatic rings. The average Bonchev–Trinajstić information content (AvgIpc) is 2.45. The van der Waals surface area contributed by atoms with Crippen LogP contribution in [0.15, 0.2) is 53.5 Å². The molecular formula is C18H24IN3O. The zero-order chi connectivity index (χ0) is 15.9. The van der Waals surface area contributed by atoms with E-state index in [0.29, 0.717) is 12.4 Å². The minimum atomic E-state index is -0.540. The number of aliphatic hydroxyl groups is 1. The zero-order valence-corrected chi connectivity index (χ0v) is 15.8. The number of aliphatic hydroxyl groups excluding tert-OH is 1. The molecule has 5 heteroatoms. The topological polar surface area (TPSA) is 70.6 Å². The Labute approximate surface area is 154 Å². The number of nitrogens with one attached hydrogen (secondary N) is 1. The van der Waals surface area contributed by atoms with Gasteiger partial charge in [-0.3, -0.25) is 4.99 Å². The van der Waals surface area contributed by atoms with E-state index in [-0.39, 0.29) is 30.5 Å². The minimum Gasteiger partial charge on any atom is -0.391 e. The van der Waals surface area contributed by atoms with Crippen molar-refractivity contribution in [1.29, 1.82) is 0 Å². The highest BCUT2D eigenvalue weighted by Gasteiger charge is 2.05. The van der Waals surface area contributed by atoms with Gasteiger partial charge in [0, 0.05) is 12.1 Å². The molecule has 124 valence electrons. The molecule has 0 bridgehead atoms. The molecule has 1 unspecified atom stereocenters. The van der Waals surface area contributed by atoms with Crippen LogP contribution in [0.4, 0.5) is 5.69 Å². The van der Waals surface area contributed by atoms with Gasteiger partial charge in [-0.05, 0) is 42.7 Å². The van der Waals surface area contributed by atoms with E-state index in [2.05, 4.69) is 16.4 Å². The van der Waals surface area contributed by atoms with Crippen LogP contribution in [0.25, 0.3) is 0 Å². The molecule has 1 atom stereocenters. The molecule has 0 aliphatic rings. The van der Waals surface area contributed by atoms with Crippen LogP contribution in [-0.4, -0.2) is 23.7 Å². The number of nitrogens with zero attached hydrogens (tertiary/aromatic N) is 1. The summed E-state index contributed by atoms with van der Waals surface area (Å²) < 4.78 is 0. The second-order valence-electron chi connectivity index (χ2n) is 5.57. The molecule has 0 saturated heterocycles. The van der Waals surface area contributed by atoms with Crippen molar-refractivity contribution in [2.75, 3.05) is 11.9 Å². The molecule has 4 nitrogen and oxygen atoms in total. The summed E-state index contributed by atoms with van der Waals surface area (Å²) in [6.07, 6.45) is 0.0308. The maximum Gasteiger partial charge on any atom is 0.193 e. The zero-order valence-electron chi connectivity index (χ0n) is 13.5. The summed E-state index contributed by atoms with van der Waals surface area (Å²) >= 11 is 0. The van der Waals surface area contributed by atoms with E-state index >= 15 is 0 Å². The Morgan fingerprint density at radius 1 is 1.13 bits per heavy atom.